The number of carbonyl (C=O) groups is 1. The normalized spacial score (nSPS) is 10.4. The lowest BCUT2D eigenvalue weighted by molar-refractivity contribution is 0.111. The smallest absolute Gasteiger partial charge is 0.185 e. The maximum Gasteiger partial charge on any atom is 0.185 e. The summed E-state index contributed by atoms with van der Waals surface area (Å²) >= 11 is 9.05. The molecule has 0 atom stereocenters. The molecule has 82 valence electrons. The number of hydrogen-bond donors (Lipinski definition) is 1. The number of nitrogens with zero attached hydrogens (tertiary/aromatic N) is 1. The molecule has 1 N–H and O–H groups in total. The number of H-pyrrole nitrogens is 1. The molecule has 0 fully saturated rings. The van der Waals surface area contributed by atoms with Crippen LogP contribution in [0.5, 0.6) is 0 Å². The van der Waals surface area contributed by atoms with Gasteiger partial charge < -0.3 is 4.98 Å². The van der Waals surface area contributed by atoms with Crippen LogP contribution >= 0.6 is 27.5 Å². The number of aldehydes is 1. The fourth-order valence-electron chi connectivity index (χ4n) is 1.31. The Morgan fingerprint density at radius 1 is 1.50 bits per heavy atom. The first kappa shape index (κ1) is 11.3. The number of aromatic amines is 1. The highest BCUT2D eigenvalue weighted by molar-refractivity contribution is 9.10. The number of nitrogens with one attached hydrogen (secondary N) is 1. The van der Waals surface area contributed by atoms with E-state index in [1.54, 1.807) is 6.07 Å². The first-order valence-electron chi connectivity index (χ1n) is 4.28. The van der Waals surface area contributed by atoms with E-state index in [0.717, 1.165) is 0 Å². The quantitative estimate of drug-likeness (QED) is 0.864. The Morgan fingerprint density at radius 2 is 2.25 bits per heavy atom. The predicted molar refractivity (Wildman–Crippen MR) is 62.1 cm³/mol. The Labute approximate surface area is 104 Å². The van der Waals surface area contributed by atoms with Gasteiger partial charge in [0.2, 0.25) is 0 Å². The van der Waals surface area contributed by atoms with Crippen LogP contribution in [0.15, 0.2) is 22.8 Å². The molecule has 0 bridgehead atoms. The summed E-state index contributed by atoms with van der Waals surface area (Å²) in [4.78, 5) is 17.1. The van der Waals surface area contributed by atoms with E-state index in [2.05, 4.69) is 25.9 Å². The van der Waals surface area contributed by atoms with Gasteiger partial charge in [-0.2, -0.15) is 0 Å². The Balaban J connectivity index is 2.66. The molecule has 0 saturated carbocycles. The zero-order valence-electron chi connectivity index (χ0n) is 7.80. The zero-order valence-corrected chi connectivity index (χ0v) is 10.1. The van der Waals surface area contributed by atoms with E-state index in [1.807, 2.05) is 0 Å². The van der Waals surface area contributed by atoms with Crippen molar-refractivity contribution in [3.05, 3.63) is 39.5 Å². The van der Waals surface area contributed by atoms with Gasteiger partial charge in [0.1, 0.15) is 16.1 Å². The van der Waals surface area contributed by atoms with Crippen LogP contribution in [0, 0.1) is 5.82 Å². The number of halogens is 3. The van der Waals surface area contributed by atoms with E-state index in [9.17, 15) is 9.18 Å². The molecule has 0 aliphatic heterocycles. The summed E-state index contributed by atoms with van der Waals surface area (Å²) in [6.45, 7) is 0. The number of benzene rings is 1. The first-order chi connectivity index (χ1) is 7.63. The molecule has 6 heteroatoms. The average Bonchev–Trinajstić information content (AvgIpc) is 2.60. The highest BCUT2D eigenvalue weighted by Crippen LogP contribution is 2.33. The van der Waals surface area contributed by atoms with Crippen molar-refractivity contribution in [2.24, 2.45) is 0 Å². The molecular formula is C10H5BrClFN2O. The second-order valence-corrected chi connectivity index (χ2v) is 4.20. The molecular weight excluding hydrogens is 298 g/mol. The van der Waals surface area contributed by atoms with Crippen molar-refractivity contribution in [3.8, 4) is 11.3 Å². The molecule has 1 aromatic heterocycles. The maximum absolute atomic E-state index is 13.6. The monoisotopic (exact) mass is 302 g/mol. The molecule has 0 saturated heterocycles. The molecule has 3 nitrogen and oxygen atoms in total. The lowest BCUT2D eigenvalue weighted by Crippen LogP contribution is -1.87. The summed E-state index contributed by atoms with van der Waals surface area (Å²) in [6, 6.07) is 4.34. The molecule has 0 unspecified atom stereocenters. The molecule has 0 amide bonds. The molecule has 0 spiro atoms. The SMILES string of the molecule is O=Cc1nc(-c2c(F)cccc2Cl)c(Br)[nH]1. The van der Waals surface area contributed by atoms with Crippen LogP contribution in [-0.4, -0.2) is 16.3 Å². The van der Waals surface area contributed by atoms with Crippen molar-refractivity contribution >= 4 is 33.8 Å². The maximum atomic E-state index is 13.6. The summed E-state index contributed by atoms with van der Waals surface area (Å²) in [5.41, 5.74) is 0.450. The van der Waals surface area contributed by atoms with Gasteiger partial charge in [0.25, 0.3) is 0 Å². The minimum atomic E-state index is -0.489. The first-order valence-corrected chi connectivity index (χ1v) is 5.45. The van der Waals surface area contributed by atoms with Crippen molar-refractivity contribution in [2.75, 3.05) is 0 Å². The van der Waals surface area contributed by atoms with Crippen LogP contribution in [-0.2, 0) is 0 Å². The highest BCUT2D eigenvalue weighted by atomic mass is 79.9. The van der Waals surface area contributed by atoms with Crippen LogP contribution in [0.25, 0.3) is 11.3 Å². The number of imidazole rings is 1. The van der Waals surface area contributed by atoms with Crippen molar-refractivity contribution in [2.45, 2.75) is 0 Å². The van der Waals surface area contributed by atoms with Gasteiger partial charge in [-0.05, 0) is 28.1 Å². The van der Waals surface area contributed by atoms with Crippen molar-refractivity contribution in [3.63, 3.8) is 0 Å². The molecule has 1 heterocycles. The number of rotatable bonds is 2. The number of carbonyl (C=O) groups excluding carboxylic acids is 1. The Hall–Kier alpha value is -1.20. The fourth-order valence-corrected chi connectivity index (χ4v) is 2.06. The van der Waals surface area contributed by atoms with Gasteiger partial charge in [-0.1, -0.05) is 17.7 Å². The average molecular weight is 304 g/mol. The molecule has 2 rings (SSSR count). The van der Waals surface area contributed by atoms with Gasteiger partial charge >= 0.3 is 0 Å². The minimum Gasteiger partial charge on any atom is -0.330 e. The lowest BCUT2D eigenvalue weighted by Gasteiger charge is -2.02. The Kier molecular flexibility index (Phi) is 3.07. The van der Waals surface area contributed by atoms with E-state index in [4.69, 9.17) is 11.6 Å². The van der Waals surface area contributed by atoms with Crippen molar-refractivity contribution < 1.29 is 9.18 Å². The molecule has 0 aliphatic rings. The second-order valence-electron chi connectivity index (χ2n) is 3.00. The van der Waals surface area contributed by atoms with Gasteiger partial charge in [-0.3, -0.25) is 4.79 Å². The van der Waals surface area contributed by atoms with Gasteiger partial charge in [-0.15, -0.1) is 0 Å². The number of hydrogen-bond acceptors (Lipinski definition) is 2. The molecule has 1 aromatic carbocycles. The van der Waals surface area contributed by atoms with E-state index >= 15 is 0 Å². The van der Waals surface area contributed by atoms with E-state index in [1.165, 1.54) is 12.1 Å². The van der Waals surface area contributed by atoms with Crippen LogP contribution in [0.3, 0.4) is 0 Å². The summed E-state index contributed by atoms with van der Waals surface area (Å²) in [5.74, 6) is -0.377. The molecule has 2 aromatic rings. The van der Waals surface area contributed by atoms with Crippen LogP contribution in [0.2, 0.25) is 5.02 Å². The third-order valence-corrected chi connectivity index (χ3v) is 2.88. The van der Waals surface area contributed by atoms with E-state index in [-0.39, 0.29) is 22.1 Å². The summed E-state index contributed by atoms with van der Waals surface area (Å²) < 4.78 is 14.0. The van der Waals surface area contributed by atoms with Gasteiger partial charge in [0.05, 0.1) is 10.6 Å². The summed E-state index contributed by atoms with van der Waals surface area (Å²) in [5, 5.41) is 0.240. The molecule has 16 heavy (non-hydrogen) atoms. The standard InChI is InChI=1S/C10H5BrClFN2O/c11-10-9(14-7(4-16)15-10)8-5(12)2-1-3-6(8)13/h1-4H,(H,14,15). The van der Waals surface area contributed by atoms with Gasteiger partial charge in [-0.25, -0.2) is 9.37 Å². The van der Waals surface area contributed by atoms with Crippen molar-refractivity contribution in [1.29, 1.82) is 0 Å². The largest absolute Gasteiger partial charge is 0.330 e. The van der Waals surface area contributed by atoms with Crippen LogP contribution in [0.4, 0.5) is 4.39 Å². The predicted octanol–water partition coefficient (Wildman–Crippen LogP) is 3.44. The number of aromatic nitrogens is 2. The van der Waals surface area contributed by atoms with Gasteiger partial charge in [0, 0.05) is 0 Å². The van der Waals surface area contributed by atoms with Crippen LogP contribution in [0.1, 0.15) is 10.6 Å². The van der Waals surface area contributed by atoms with E-state index in [0.29, 0.717) is 10.9 Å². The third kappa shape index (κ3) is 1.88. The van der Waals surface area contributed by atoms with Crippen LogP contribution < -0.4 is 0 Å². The molecule has 0 aliphatic carbocycles. The second kappa shape index (κ2) is 4.35. The third-order valence-electron chi connectivity index (χ3n) is 1.99. The Morgan fingerprint density at radius 3 is 2.81 bits per heavy atom. The minimum absolute atomic E-state index is 0.112. The summed E-state index contributed by atoms with van der Waals surface area (Å²) in [6.07, 6.45) is 0.545. The lowest BCUT2D eigenvalue weighted by atomic mass is 10.1. The fraction of sp³-hybridized carbons (Fsp3) is 0. The Bertz CT molecular complexity index is 535. The highest BCUT2D eigenvalue weighted by Gasteiger charge is 2.16. The van der Waals surface area contributed by atoms with Gasteiger partial charge in [0.15, 0.2) is 12.1 Å². The van der Waals surface area contributed by atoms with Crippen molar-refractivity contribution in [1.82, 2.24) is 9.97 Å². The van der Waals surface area contributed by atoms with E-state index < -0.39 is 5.82 Å². The molecule has 0 radical (unpaired) electrons. The topological polar surface area (TPSA) is 45.8 Å². The summed E-state index contributed by atoms with van der Waals surface area (Å²) in [7, 11) is 0. The zero-order chi connectivity index (χ0) is 11.7.